The molecule has 10 rings (SSSR count). The molecule has 2 unspecified atom stereocenters. The van der Waals surface area contributed by atoms with Crippen molar-refractivity contribution in [2.75, 3.05) is 19.8 Å². The van der Waals surface area contributed by atoms with Gasteiger partial charge in [0, 0.05) is 12.1 Å². The molecule has 1 N–H and O–H groups in total. The van der Waals surface area contributed by atoms with Gasteiger partial charge in [-0.2, -0.15) is 0 Å². The molecule has 268 valence electrons. The first-order valence-corrected chi connectivity index (χ1v) is 21.3. The monoisotopic (exact) mass is 640 g/mol. The van der Waals surface area contributed by atoms with E-state index >= 15 is 0 Å². The summed E-state index contributed by atoms with van der Waals surface area (Å²) in [5, 5.41) is 3.73. The van der Waals surface area contributed by atoms with Crippen molar-refractivity contribution >= 4 is 0 Å². The minimum absolute atomic E-state index is 0.536. The molecule has 0 aromatic carbocycles. The van der Waals surface area contributed by atoms with E-state index in [1.807, 2.05) is 0 Å². The number of fused-ring (bicyclic) bond motifs is 6. The number of nitrogens with one attached hydrogen (secondary N) is 1. The van der Waals surface area contributed by atoms with E-state index in [4.69, 9.17) is 4.74 Å². The Morgan fingerprint density at radius 2 is 1.02 bits per heavy atom. The van der Waals surface area contributed by atoms with E-state index in [-0.39, 0.29) is 0 Å². The zero-order valence-corrected chi connectivity index (χ0v) is 32.5. The van der Waals surface area contributed by atoms with Crippen LogP contribution in [0, 0.1) is 63.6 Å². The molecule has 46 heavy (non-hydrogen) atoms. The topological polar surface area (TPSA) is 21.3 Å². The van der Waals surface area contributed by atoms with Crippen LogP contribution in [0.2, 0.25) is 0 Å². The molecule has 7 aliphatic carbocycles. The fraction of sp³-hybridized carbons (Fsp3) is 1.00. The lowest BCUT2D eigenvalue weighted by molar-refractivity contribution is -0.111. The average Bonchev–Trinajstić information content (AvgIpc) is 3.05. The van der Waals surface area contributed by atoms with Crippen LogP contribution in [-0.4, -0.2) is 25.3 Å². The van der Waals surface area contributed by atoms with Gasteiger partial charge in [-0.25, -0.2) is 0 Å². The Balaban J connectivity index is 0.000000121. The molecule has 2 nitrogen and oxygen atoms in total. The van der Waals surface area contributed by atoms with Crippen LogP contribution in [0.25, 0.3) is 0 Å². The summed E-state index contributed by atoms with van der Waals surface area (Å²) in [6.45, 7) is 22.5. The third-order valence-corrected chi connectivity index (χ3v) is 16.5. The highest BCUT2D eigenvalue weighted by Gasteiger charge is 2.48. The van der Waals surface area contributed by atoms with Crippen molar-refractivity contribution in [3.63, 3.8) is 0 Å². The van der Waals surface area contributed by atoms with E-state index in [1.54, 1.807) is 19.3 Å². The van der Waals surface area contributed by atoms with Gasteiger partial charge in [0.2, 0.25) is 0 Å². The normalized spacial score (nSPS) is 38.3. The van der Waals surface area contributed by atoms with E-state index in [9.17, 15) is 0 Å². The summed E-state index contributed by atoms with van der Waals surface area (Å²) in [6, 6.07) is 0. The molecule has 10 fully saturated rings. The van der Waals surface area contributed by atoms with Crippen LogP contribution in [0.4, 0.5) is 0 Å². The van der Waals surface area contributed by atoms with Crippen molar-refractivity contribution in [3.8, 4) is 0 Å². The van der Waals surface area contributed by atoms with Gasteiger partial charge in [-0.05, 0) is 179 Å². The Morgan fingerprint density at radius 3 is 1.37 bits per heavy atom. The summed E-state index contributed by atoms with van der Waals surface area (Å²) in [5.41, 5.74) is 2.78. The Hall–Kier alpha value is -0.0800. The second-order valence-corrected chi connectivity index (χ2v) is 19.9. The average molecular weight is 640 g/mol. The summed E-state index contributed by atoms with van der Waals surface area (Å²) in [6.07, 6.45) is 31.3. The van der Waals surface area contributed by atoms with E-state index in [0.717, 1.165) is 71.4 Å². The van der Waals surface area contributed by atoms with E-state index in [1.165, 1.54) is 122 Å². The van der Waals surface area contributed by atoms with Crippen LogP contribution in [-0.2, 0) is 4.74 Å². The summed E-state index contributed by atoms with van der Waals surface area (Å²) >= 11 is 0. The van der Waals surface area contributed by atoms with Gasteiger partial charge in [-0.3, -0.25) is 0 Å². The van der Waals surface area contributed by atoms with E-state index < -0.39 is 0 Å². The van der Waals surface area contributed by atoms with Gasteiger partial charge < -0.3 is 10.1 Å². The Kier molecular flexibility index (Phi) is 12.8. The minimum Gasteiger partial charge on any atom is -0.381 e. The SMILES string of the molecule is CC(C)C12CCC(CC1)CC2.CC(C)C12CCC(CC1)CN2.CC(C)C1CCCCC12CCC2.CC(C)C1CCOCC12CCC2. The van der Waals surface area contributed by atoms with Gasteiger partial charge in [-0.15, -0.1) is 0 Å². The van der Waals surface area contributed by atoms with Crippen molar-refractivity contribution in [1.29, 1.82) is 0 Å². The predicted octanol–water partition coefficient (Wildman–Crippen LogP) is 12.6. The fourth-order valence-corrected chi connectivity index (χ4v) is 12.6. The quantitative estimate of drug-likeness (QED) is 0.330. The molecule has 2 atom stereocenters. The van der Waals surface area contributed by atoms with Crippen LogP contribution in [0.1, 0.15) is 190 Å². The van der Waals surface area contributed by atoms with Crippen molar-refractivity contribution in [2.24, 2.45) is 63.6 Å². The lowest BCUT2D eigenvalue weighted by Gasteiger charge is -2.52. The van der Waals surface area contributed by atoms with Crippen molar-refractivity contribution in [1.82, 2.24) is 5.32 Å². The first kappa shape index (κ1) is 37.2. The van der Waals surface area contributed by atoms with Gasteiger partial charge in [0.25, 0.3) is 0 Å². The molecule has 0 aromatic rings. The minimum atomic E-state index is 0.536. The predicted molar refractivity (Wildman–Crippen MR) is 199 cm³/mol. The first-order chi connectivity index (χ1) is 21.9. The zero-order chi connectivity index (χ0) is 33.0. The van der Waals surface area contributed by atoms with Gasteiger partial charge in [0.15, 0.2) is 0 Å². The molecular weight excluding hydrogens is 558 g/mol. The van der Waals surface area contributed by atoms with Gasteiger partial charge >= 0.3 is 0 Å². The van der Waals surface area contributed by atoms with E-state index in [0.29, 0.717) is 11.0 Å². The van der Waals surface area contributed by atoms with Crippen LogP contribution in [0.3, 0.4) is 0 Å². The van der Waals surface area contributed by atoms with Crippen molar-refractivity contribution < 1.29 is 4.74 Å². The van der Waals surface area contributed by atoms with Gasteiger partial charge in [-0.1, -0.05) is 81.1 Å². The van der Waals surface area contributed by atoms with Gasteiger partial charge in [0.05, 0.1) is 6.61 Å². The highest BCUT2D eigenvalue weighted by Crippen LogP contribution is 2.57. The van der Waals surface area contributed by atoms with Crippen molar-refractivity contribution in [2.45, 2.75) is 196 Å². The third-order valence-electron chi connectivity index (χ3n) is 16.5. The molecule has 3 aliphatic heterocycles. The smallest absolute Gasteiger partial charge is 0.0525 e. The van der Waals surface area contributed by atoms with Crippen molar-refractivity contribution in [3.05, 3.63) is 0 Å². The number of ether oxygens (including phenoxy) is 1. The molecule has 0 radical (unpaired) electrons. The third kappa shape index (κ3) is 8.10. The van der Waals surface area contributed by atoms with Crippen LogP contribution in [0.15, 0.2) is 0 Å². The molecule has 10 aliphatic rings. The molecule has 4 bridgehead atoms. The molecule has 2 heteroatoms. The summed E-state index contributed by atoms with van der Waals surface area (Å²) < 4.78 is 5.61. The Bertz CT molecular complexity index is 791. The highest BCUT2D eigenvalue weighted by molar-refractivity contribution is 5.01. The standard InChI is InChI=1S/C12H22.C11H20O.C11H20.C10H19N/c1-10(2)11-6-3-4-7-12(11)8-5-9-12;1-9(2)10-4-7-12-8-11(10)5-3-6-11;1-9(2)11-6-3-10(4-7-11)5-8-11;1-8(2)10-5-3-9(4-6-10)7-11-10/h10-11H,3-9H2,1-2H3;9-10H,3-8H2,1-2H3;9-10H,3-8H2,1-2H3;8-9,11H,3-7H2,1-2H3. The fourth-order valence-electron chi connectivity index (χ4n) is 12.6. The number of hydrogen-bond acceptors (Lipinski definition) is 2. The van der Waals surface area contributed by atoms with Gasteiger partial charge in [0.1, 0.15) is 0 Å². The maximum atomic E-state index is 5.61. The summed E-state index contributed by atoms with van der Waals surface area (Å²) in [5.74, 6) is 7.69. The molecule has 3 saturated heterocycles. The molecule has 0 aromatic heterocycles. The van der Waals surface area contributed by atoms with Crippen LogP contribution >= 0.6 is 0 Å². The molecule has 2 spiro atoms. The Morgan fingerprint density at radius 1 is 0.500 bits per heavy atom. The summed E-state index contributed by atoms with van der Waals surface area (Å²) in [4.78, 5) is 0. The largest absolute Gasteiger partial charge is 0.381 e. The maximum Gasteiger partial charge on any atom is 0.0525 e. The molecule has 7 saturated carbocycles. The zero-order valence-electron chi connectivity index (χ0n) is 32.5. The molecule has 3 heterocycles. The molecule has 0 amide bonds. The lowest BCUT2D eigenvalue weighted by Crippen LogP contribution is -2.58. The summed E-state index contributed by atoms with van der Waals surface area (Å²) in [7, 11) is 0. The second kappa shape index (κ2) is 15.9. The maximum absolute atomic E-state index is 5.61. The number of rotatable bonds is 4. The highest BCUT2D eigenvalue weighted by atomic mass is 16.5. The molecular formula is C44H81NO. The van der Waals surface area contributed by atoms with Crippen LogP contribution < -0.4 is 5.32 Å². The van der Waals surface area contributed by atoms with E-state index in [2.05, 4.69) is 60.7 Å². The van der Waals surface area contributed by atoms with Crippen LogP contribution in [0.5, 0.6) is 0 Å². The number of hydrogen-bond donors (Lipinski definition) is 1. The lowest BCUT2D eigenvalue weighted by atomic mass is 9.53. The second-order valence-electron chi connectivity index (χ2n) is 19.9. The first-order valence-electron chi connectivity index (χ1n) is 21.3. The Labute approximate surface area is 288 Å². The number of piperidine rings is 2.